The molecule has 0 radical (unpaired) electrons. The maximum absolute atomic E-state index is 12.5. The van der Waals surface area contributed by atoms with Crippen molar-refractivity contribution < 1.29 is 9.53 Å². The Hall–Kier alpha value is -2.07. The molecule has 3 rings (SSSR count). The van der Waals surface area contributed by atoms with Crippen LogP contribution in [0.3, 0.4) is 0 Å². The van der Waals surface area contributed by atoms with Crippen LogP contribution in [0.5, 0.6) is 5.75 Å². The maximum Gasteiger partial charge on any atom is 0.224 e. The molecule has 23 heavy (non-hydrogen) atoms. The van der Waals surface area contributed by atoms with Gasteiger partial charge in [0.15, 0.2) is 0 Å². The number of methoxy groups -OCH3 is 1. The van der Waals surface area contributed by atoms with Crippen molar-refractivity contribution in [2.75, 3.05) is 13.7 Å². The SMILES string of the molecule is COc1ccc2cccc(CC(=O)NC3CCNC3(C)C)c2c1. The van der Waals surface area contributed by atoms with Crippen LogP contribution in [0.25, 0.3) is 10.8 Å². The molecule has 4 heteroatoms. The molecule has 1 amide bonds. The fraction of sp³-hybridized carbons (Fsp3) is 0.421. The number of amides is 1. The van der Waals surface area contributed by atoms with E-state index in [0.29, 0.717) is 6.42 Å². The lowest BCUT2D eigenvalue weighted by Gasteiger charge is -2.28. The van der Waals surface area contributed by atoms with E-state index in [2.05, 4.69) is 30.5 Å². The van der Waals surface area contributed by atoms with E-state index in [9.17, 15) is 4.79 Å². The van der Waals surface area contributed by atoms with Gasteiger partial charge in [0, 0.05) is 11.6 Å². The van der Waals surface area contributed by atoms with Crippen LogP contribution in [-0.4, -0.2) is 31.1 Å². The zero-order chi connectivity index (χ0) is 16.4. The second-order valence-electron chi connectivity index (χ2n) is 6.74. The molecule has 1 heterocycles. The summed E-state index contributed by atoms with van der Waals surface area (Å²) in [5.41, 5.74) is 0.986. The molecule has 0 aromatic heterocycles. The standard InChI is InChI=1S/C19H24N2O2/c1-19(2)17(9-10-20-19)21-18(22)11-14-6-4-5-13-7-8-15(23-3)12-16(13)14/h4-8,12,17,20H,9-11H2,1-3H3,(H,21,22). The summed E-state index contributed by atoms with van der Waals surface area (Å²) < 4.78 is 5.31. The summed E-state index contributed by atoms with van der Waals surface area (Å²) in [4.78, 5) is 12.5. The van der Waals surface area contributed by atoms with Crippen molar-refractivity contribution in [1.29, 1.82) is 0 Å². The molecule has 1 aliphatic heterocycles. The molecule has 4 nitrogen and oxygen atoms in total. The van der Waals surface area contributed by atoms with Gasteiger partial charge in [0.1, 0.15) is 5.75 Å². The third kappa shape index (κ3) is 3.32. The lowest BCUT2D eigenvalue weighted by Crippen LogP contribution is -2.51. The molecular formula is C19H24N2O2. The molecule has 2 N–H and O–H groups in total. The molecule has 2 aromatic carbocycles. The molecule has 1 fully saturated rings. The second-order valence-corrected chi connectivity index (χ2v) is 6.74. The van der Waals surface area contributed by atoms with Crippen LogP contribution in [0.4, 0.5) is 0 Å². The Labute approximate surface area is 137 Å². The smallest absolute Gasteiger partial charge is 0.224 e. The van der Waals surface area contributed by atoms with Crippen LogP contribution in [-0.2, 0) is 11.2 Å². The average molecular weight is 312 g/mol. The van der Waals surface area contributed by atoms with Gasteiger partial charge in [0.25, 0.3) is 0 Å². The Morgan fingerprint density at radius 2 is 2.17 bits per heavy atom. The summed E-state index contributed by atoms with van der Waals surface area (Å²) in [6.07, 6.45) is 1.36. The van der Waals surface area contributed by atoms with Crippen molar-refractivity contribution in [3.05, 3.63) is 42.0 Å². The fourth-order valence-corrected chi connectivity index (χ4v) is 3.29. The van der Waals surface area contributed by atoms with Gasteiger partial charge in [-0.05, 0) is 55.3 Å². The molecular weight excluding hydrogens is 288 g/mol. The number of rotatable bonds is 4. The van der Waals surface area contributed by atoms with Crippen LogP contribution >= 0.6 is 0 Å². The first kappa shape index (κ1) is 15.8. The quantitative estimate of drug-likeness (QED) is 0.912. The monoisotopic (exact) mass is 312 g/mol. The van der Waals surface area contributed by atoms with Gasteiger partial charge in [-0.2, -0.15) is 0 Å². The fourth-order valence-electron chi connectivity index (χ4n) is 3.29. The molecule has 0 spiro atoms. The summed E-state index contributed by atoms with van der Waals surface area (Å²) in [6.45, 7) is 5.21. The van der Waals surface area contributed by atoms with E-state index in [4.69, 9.17) is 4.74 Å². The Balaban J connectivity index is 1.79. The highest BCUT2D eigenvalue weighted by Crippen LogP contribution is 2.25. The van der Waals surface area contributed by atoms with Crippen molar-refractivity contribution in [3.8, 4) is 5.75 Å². The Morgan fingerprint density at radius 1 is 1.35 bits per heavy atom. The van der Waals surface area contributed by atoms with E-state index >= 15 is 0 Å². The minimum absolute atomic E-state index is 0.0440. The highest BCUT2D eigenvalue weighted by Gasteiger charge is 2.34. The third-order valence-electron chi connectivity index (χ3n) is 4.75. The van der Waals surface area contributed by atoms with Gasteiger partial charge in [-0.3, -0.25) is 4.79 Å². The number of carbonyl (C=O) groups is 1. The molecule has 0 bridgehead atoms. The predicted molar refractivity (Wildman–Crippen MR) is 92.8 cm³/mol. The number of fused-ring (bicyclic) bond motifs is 1. The first-order valence-electron chi connectivity index (χ1n) is 8.09. The summed E-state index contributed by atoms with van der Waals surface area (Å²) in [7, 11) is 1.66. The van der Waals surface area contributed by atoms with Crippen LogP contribution in [0.2, 0.25) is 0 Å². The van der Waals surface area contributed by atoms with Gasteiger partial charge in [0.05, 0.1) is 13.5 Å². The van der Waals surface area contributed by atoms with Gasteiger partial charge < -0.3 is 15.4 Å². The van der Waals surface area contributed by atoms with Crippen molar-refractivity contribution in [3.63, 3.8) is 0 Å². The lowest BCUT2D eigenvalue weighted by atomic mass is 9.96. The van der Waals surface area contributed by atoms with E-state index in [1.54, 1.807) is 7.11 Å². The van der Waals surface area contributed by atoms with Crippen LogP contribution in [0.1, 0.15) is 25.8 Å². The normalized spacial score (nSPS) is 19.7. The summed E-state index contributed by atoms with van der Waals surface area (Å²) in [6, 6.07) is 12.2. The molecule has 122 valence electrons. The van der Waals surface area contributed by atoms with Crippen LogP contribution in [0, 0.1) is 0 Å². The van der Waals surface area contributed by atoms with Crippen molar-refractivity contribution in [2.24, 2.45) is 0 Å². The summed E-state index contributed by atoms with van der Waals surface area (Å²) in [5.74, 6) is 0.883. The third-order valence-corrected chi connectivity index (χ3v) is 4.75. The molecule has 1 atom stereocenters. The van der Waals surface area contributed by atoms with Gasteiger partial charge in [-0.1, -0.05) is 24.3 Å². The first-order valence-corrected chi connectivity index (χ1v) is 8.09. The van der Waals surface area contributed by atoms with Crippen LogP contribution < -0.4 is 15.4 Å². The van der Waals surface area contributed by atoms with Gasteiger partial charge >= 0.3 is 0 Å². The molecule has 0 aliphatic carbocycles. The van der Waals surface area contributed by atoms with Crippen molar-refractivity contribution >= 4 is 16.7 Å². The second kappa shape index (κ2) is 6.20. The molecule has 1 unspecified atom stereocenters. The predicted octanol–water partition coefficient (Wildman–Crippen LogP) is 2.65. The van der Waals surface area contributed by atoms with Gasteiger partial charge in [0.2, 0.25) is 5.91 Å². The number of nitrogens with one attached hydrogen (secondary N) is 2. The van der Waals surface area contributed by atoms with Gasteiger partial charge in [-0.25, -0.2) is 0 Å². The Kier molecular flexibility index (Phi) is 4.26. The molecule has 2 aromatic rings. The summed E-state index contributed by atoms with van der Waals surface area (Å²) in [5, 5.41) is 8.81. The van der Waals surface area contributed by atoms with Crippen molar-refractivity contribution in [1.82, 2.24) is 10.6 Å². The summed E-state index contributed by atoms with van der Waals surface area (Å²) >= 11 is 0. The topological polar surface area (TPSA) is 50.4 Å². The van der Waals surface area contributed by atoms with E-state index in [0.717, 1.165) is 35.1 Å². The lowest BCUT2D eigenvalue weighted by molar-refractivity contribution is -0.121. The molecule has 1 aliphatic rings. The molecule has 1 saturated heterocycles. The van der Waals surface area contributed by atoms with Crippen molar-refractivity contribution in [2.45, 2.75) is 38.3 Å². The van der Waals surface area contributed by atoms with Gasteiger partial charge in [-0.15, -0.1) is 0 Å². The van der Waals surface area contributed by atoms with E-state index in [-0.39, 0.29) is 17.5 Å². The minimum atomic E-state index is -0.0440. The maximum atomic E-state index is 12.5. The van der Waals surface area contributed by atoms with E-state index in [1.807, 2.05) is 30.3 Å². The molecule has 0 saturated carbocycles. The number of ether oxygens (including phenoxy) is 1. The first-order chi connectivity index (χ1) is 11.0. The highest BCUT2D eigenvalue weighted by molar-refractivity contribution is 5.91. The zero-order valence-corrected chi connectivity index (χ0v) is 14.0. The number of hydrogen-bond acceptors (Lipinski definition) is 3. The van der Waals surface area contributed by atoms with Crippen LogP contribution in [0.15, 0.2) is 36.4 Å². The highest BCUT2D eigenvalue weighted by atomic mass is 16.5. The zero-order valence-electron chi connectivity index (χ0n) is 14.0. The Morgan fingerprint density at radius 3 is 2.87 bits per heavy atom. The minimum Gasteiger partial charge on any atom is -0.497 e. The number of carbonyl (C=O) groups excluding carboxylic acids is 1. The Bertz CT molecular complexity index is 724. The largest absolute Gasteiger partial charge is 0.497 e. The number of benzene rings is 2. The van der Waals surface area contributed by atoms with E-state index in [1.165, 1.54) is 0 Å². The number of hydrogen-bond donors (Lipinski definition) is 2. The van der Waals surface area contributed by atoms with E-state index < -0.39 is 0 Å². The average Bonchev–Trinajstić information content (AvgIpc) is 2.86.